The van der Waals surface area contributed by atoms with Crippen LogP contribution in [-0.4, -0.2) is 63.9 Å². The lowest BCUT2D eigenvalue weighted by Crippen LogP contribution is -2.52. The summed E-state index contributed by atoms with van der Waals surface area (Å²) in [5, 5.41) is 23.8. The van der Waals surface area contributed by atoms with Crippen LogP contribution in [-0.2, 0) is 27.2 Å². The van der Waals surface area contributed by atoms with Crippen LogP contribution in [0.5, 0.6) is 5.75 Å². The number of amides is 5. The first-order valence-corrected chi connectivity index (χ1v) is 12.0. The monoisotopic (exact) mass is 510 g/mol. The normalized spacial score (nSPS) is 13.2. The van der Waals surface area contributed by atoms with E-state index in [4.69, 9.17) is 5.21 Å². The lowest BCUT2D eigenvalue weighted by molar-refractivity contribution is -0.135. The van der Waals surface area contributed by atoms with E-state index in [0.29, 0.717) is 6.42 Å². The van der Waals surface area contributed by atoms with E-state index in [1.807, 2.05) is 24.3 Å². The maximum absolute atomic E-state index is 12.5. The van der Waals surface area contributed by atoms with Gasteiger partial charge in [0.25, 0.3) is 17.7 Å². The Morgan fingerprint density at radius 2 is 1.59 bits per heavy atom. The number of phenols is 1. The smallest absolute Gasteiger partial charge is 0.267 e. The van der Waals surface area contributed by atoms with Gasteiger partial charge in [0.1, 0.15) is 11.8 Å². The van der Waals surface area contributed by atoms with Crippen LogP contribution in [0.15, 0.2) is 42.5 Å². The molecule has 0 saturated carbocycles. The molecule has 0 bridgehead atoms. The second kappa shape index (κ2) is 12.6. The van der Waals surface area contributed by atoms with Gasteiger partial charge in [0.2, 0.25) is 11.8 Å². The highest BCUT2D eigenvalue weighted by Crippen LogP contribution is 2.29. The Bertz CT molecular complexity index is 1180. The van der Waals surface area contributed by atoms with Crippen molar-refractivity contribution in [1.82, 2.24) is 21.0 Å². The van der Waals surface area contributed by atoms with Gasteiger partial charge in [-0.15, -0.1) is 0 Å². The van der Waals surface area contributed by atoms with E-state index >= 15 is 0 Å². The molecule has 5 N–H and O–H groups in total. The first-order valence-electron chi connectivity index (χ1n) is 12.0. The minimum atomic E-state index is -1.28. The van der Waals surface area contributed by atoms with Crippen LogP contribution < -0.4 is 16.1 Å². The number of benzene rings is 2. The highest BCUT2D eigenvalue weighted by Gasteiger charge is 2.37. The molecule has 11 heteroatoms. The number of hydroxylamine groups is 1. The minimum Gasteiger partial charge on any atom is -0.507 e. The molecule has 0 aromatic heterocycles. The molecule has 37 heavy (non-hydrogen) atoms. The van der Waals surface area contributed by atoms with Crippen molar-refractivity contribution < 1.29 is 34.3 Å². The quantitative estimate of drug-likeness (QED) is 0.162. The number of phenolic OH excluding ortho intramolecular Hbond substituents is 1. The van der Waals surface area contributed by atoms with Crippen LogP contribution >= 0.6 is 0 Å². The summed E-state index contributed by atoms with van der Waals surface area (Å²) < 4.78 is 0. The zero-order valence-electron chi connectivity index (χ0n) is 20.5. The number of aryl methyl sites for hydroxylation is 2. The Morgan fingerprint density at radius 3 is 2.22 bits per heavy atom. The third-order valence-corrected chi connectivity index (χ3v) is 6.01. The van der Waals surface area contributed by atoms with E-state index in [1.165, 1.54) is 29.2 Å². The molecular formula is C26H30N4O7. The average Bonchev–Trinajstić information content (AvgIpc) is 3.14. The molecule has 1 aliphatic heterocycles. The number of aromatic hydroxyl groups is 1. The number of nitrogens with one attached hydrogen (secondary N) is 3. The number of nitrogens with zero attached hydrogens (tertiary/aromatic N) is 1. The second-order valence-corrected chi connectivity index (χ2v) is 8.68. The van der Waals surface area contributed by atoms with Gasteiger partial charge in [-0.25, -0.2) is 5.48 Å². The molecule has 5 amide bonds. The van der Waals surface area contributed by atoms with Crippen molar-refractivity contribution in [2.75, 3.05) is 13.1 Å². The molecule has 0 fully saturated rings. The summed E-state index contributed by atoms with van der Waals surface area (Å²) in [6.07, 6.45) is 2.37. The SMILES string of the molecule is CCCc1ccc(CCC(=O)NC[C@H](NC(=O)CCN2C(=O)c3cccc(O)c3C2=O)C(=O)NO)cc1. The number of fused-ring (bicyclic) bond motifs is 1. The Balaban J connectivity index is 1.48. The minimum absolute atomic E-state index is 0.0440. The van der Waals surface area contributed by atoms with Gasteiger partial charge in [0.05, 0.1) is 11.1 Å². The van der Waals surface area contributed by atoms with Crippen molar-refractivity contribution in [3.8, 4) is 5.75 Å². The first-order chi connectivity index (χ1) is 17.7. The van der Waals surface area contributed by atoms with Crippen LogP contribution in [0.3, 0.4) is 0 Å². The summed E-state index contributed by atoms with van der Waals surface area (Å²) in [5.41, 5.74) is 3.59. The van der Waals surface area contributed by atoms with Crippen molar-refractivity contribution in [2.45, 2.75) is 45.1 Å². The van der Waals surface area contributed by atoms with E-state index in [1.54, 1.807) is 0 Å². The molecule has 0 spiro atoms. The van der Waals surface area contributed by atoms with Crippen molar-refractivity contribution in [3.63, 3.8) is 0 Å². The lowest BCUT2D eigenvalue weighted by Gasteiger charge is -2.19. The predicted octanol–water partition coefficient (Wildman–Crippen LogP) is 1.07. The molecule has 2 aromatic rings. The Labute approximate surface area is 213 Å². The number of imide groups is 1. The molecule has 0 unspecified atom stereocenters. The van der Waals surface area contributed by atoms with Gasteiger partial charge in [-0.05, 0) is 36.1 Å². The molecule has 0 radical (unpaired) electrons. The Hall–Kier alpha value is -4.25. The van der Waals surface area contributed by atoms with Crippen LogP contribution in [0.2, 0.25) is 0 Å². The Morgan fingerprint density at radius 1 is 0.919 bits per heavy atom. The van der Waals surface area contributed by atoms with E-state index in [2.05, 4.69) is 17.6 Å². The van der Waals surface area contributed by atoms with Crippen molar-refractivity contribution in [2.24, 2.45) is 0 Å². The van der Waals surface area contributed by atoms with Crippen LogP contribution in [0.4, 0.5) is 0 Å². The summed E-state index contributed by atoms with van der Waals surface area (Å²) in [6, 6.07) is 10.8. The van der Waals surface area contributed by atoms with Gasteiger partial charge >= 0.3 is 0 Å². The molecule has 1 atom stereocenters. The second-order valence-electron chi connectivity index (χ2n) is 8.68. The molecular weight excluding hydrogens is 480 g/mol. The largest absolute Gasteiger partial charge is 0.507 e. The van der Waals surface area contributed by atoms with E-state index < -0.39 is 29.7 Å². The third kappa shape index (κ3) is 6.91. The topological polar surface area (TPSA) is 165 Å². The third-order valence-electron chi connectivity index (χ3n) is 6.01. The predicted molar refractivity (Wildman–Crippen MR) is 132 cm³/mol. The number of rotatable bonds is 12. The maximum atomic E-state index is 12.5. The van der Waals surface area contributed by atoms with Crippen LogP contribution in [0, 0.1) is 0 Å². The summed E-state index contributed by atoms with van der Waals surface area (Å²) >= 11 is 0. The van der Waals surface area contributed by atoms with Gasteiger partial charge in [0, 0.05) is 25.9 Å². The first kappa shape index (κ1) is 27.3. The molecule has 1 aliphatic rings. The molecule has 3 rings (SSSR count). The number of hydrogen-bond acceptors (Lipinski definition) is 7. The van der Waals surface area contributed by atoms with Gasteiger partial charge in [-0.1, -0.05) is 43.7 Å². The summed E-state index contributed by atoms with van der Waals surface area (Å²) in [6.45, 7) is 1.55. The molecule has 0 aliphatic carbocycles. The average molecular weight is 511 g/mol. The molecule has 11 nitrogen and oxygen atoms in total. The standard InChI is InChI=1S/C26H30N4O7/c1-2-4-16-7-9-17(10-8-16)11-12-21(32)27-15-19(24(34)29-37)28-22(33)13-14-30-25(35)18-5-3-6-20(31)23(18)26(30)36/h3,5-10,19,31,37H,2,4,11-15H2,1H3,(H,27,32)(H,28,33)(H,29,34)/t19-/m0/s1. The van der Waals surface area contributed by atoms with E-state index in [-0.39, 0.29) is 48.7 Å². The number of hydrogen-bond donors (Lipinski definition) is 5. The zero-order chi connectivity index (χ0) is 26.9. The van der Waals surface area contributed by atoms with Crippen molar-refractivity contribution in [3.05, 3.63) is 64.7 Å². The number of carbonyl (C=O) groups excluding carboxylic acids is 5. The summed E-state index contributed by atoms with van der Waals surface area (Å²) in [7, 11) is 0. The van der Waals surface area contributed by atoms with Crippen LogP contribution in [0.25, 0.3) is 0 Å². The van der Waals surface area contributed by atoms with Gasteiger partial charge < -0.3 is 15.7 Å². The zero-order valence-corrected chi connectivity index (χ0v) is 20.5. The molecule has 2 aromatic carbocycles. The van der Waals surface area contributed by atoms with Crippen LogP contribution in [0.1, 0.15) is 58.0 Å². The molecule has 1 heterocycles. The lowest BCUT2D eigenvalue weighted by atomic mass is 10.0. The maximum Gasteiger partial charge on any atom is 0.267 e. The highest BCUT2D eigenvalue weighted by molar-refractivity contribution is 6.22. The summed E-state index contributed by atoms with van der Waals surface area (Å²) in [5.74, 6) is -3.65. The highest BCUT2D eigenvalue weighted by atomic mass is 16.5. The van der Waals surface area contributed by atoms with Gasteiger partial charge in [0.15, 0.2) is 0 Å². The van der Waals surface area contributed by atoms with E-state index in [0.717, 1.165) is 23.3 Å². The fraction of sp³-hybridized carbons (Fsp3) is 0.346. The fourth-order valence-electron chi connectivity index (χ4n) is 4.01. The van der Waals surface area contributed by atoms with E-state index in [9.17, 15) is 29.1 Å². The van der Waals surface area contributed by atoms with Crippen molar-refractivity contribution in [1.29, 1.82) is 0 Å². The number of carbonyl (C=O) groups is 5. The molecule has 196 valence electrons. The summed E-state index contributed by atoms with van der Waals surface area (Å²) in [4.78, 5) is 62.5. The molecule has 0 saturated heterocycles. The van der Waals surface area contributed by atoms with Crippen molar-refractivity contribution >= 4 is 29.5 Å². The Kier molecular flexibility index (Phi) is 9.33. The van der Waals surface area contributed by atoms with Gasteiger partial charge in [-0.2, -0.15) is 0 Å². The van der Waals surface area contributed by atoms with Gasteiger partial charge in [-0.3, -0.25) is 34.1 Å². The fourth-order valence-corrected chi connectivity index (χ4v) is 4.01.